The Labute approximate surface area is 79.6 Å². The lowest BCUT2D eigenvalue weighted by molar-refractivity contribution is -0.139. The number of carboxylic acids is 1. The van der Waals surface area contributed by atoms with Gasteiger partial charge in [0.05, 0.1) is 0 Å². The van der Waals surface area contributed by atoms with Crippen molar-refractivity contribution in [2.45, 2.75) is 4.90 Å². The zero-order valence-corrected chi connectivity index (χ0v) is 7.42. The molecule has 0 unspecified atom stereocenters. The normalized spacial score (nSPS) is 9.69. The lowest BCUT2D eigenvalue weighted by atomic mass is 10.3. The molecule has 13 heavy (non-hydrogen) atoms. The molecule has 0 aliphatic heterocycles. The molecule has 0 aliphatic carbocycles. The maximum Gasteiger partial charge on any atom is 0.341 e. The van der Waals surface area contributed by atoms with E-state index in [1.165, 1.54) is 12.1 Å². The first-order chi connectivity index (χ1) is 6.08. The van der Waals surface area contributed by atoms with Crippen LogP contribution in [-0.4, -0.2) is 17.7 Å². The Morgan fingerprint density at radius 1 is 1.54 bits per heavy atom. The van der Waals surface area contributed by atoms with Gasteiger partial charge >= 0.3 is 5.97 Å². The van der Waals surface area contributed by atoms with Crippen LogP contribution in [0.2, 0.25) is 0 Å². The van der Waals surface area contributed by atoms with E-state index < -0.39 is 18.4 Å². The van der Waals surface area contributed by atoms with Crippen molar-refractivity contribution in [3.05, 3.63) is 24.0 Å². The number of carboxylic acid groups (broad SMARTS) is 1. The second kappa shape index (κ2) is 4.13. The number of halogens is 1. The van der Waals surface area contributed by atoms with Crippen LogP contribution >= 0.6 is 12.6 Å². The second-order valence-electron chi connectivity index (χ2n) is 2.33. The highest BCUT2D eigenvalue weighted by Gasteiger charge is 2.01. The van der Waals surface area contributed by atoms with E-state index in [9.17, 15) is 9.18 Å². The van der Waals surface area contributed by atoms with Crippen molar-refractivity contribution >= 4 is 18.6 Å². The van der Waals surface area contributed by atoms with Crippen molar-refractivity contribution < 1.29 is 19.0 Å². The van der Waals surface area contributed by atoms with Gasteiger partial charge in [-0.3, -0.25) is 0 Å². The van der Waals surface area contributed by atoms with Gasteiger partial charge in [-0.05, 0) is 12.1 Å². The van der Waals surface area contributed by atoms with Crippen LogP contribution in [0.1, 0.15) is 0 Å². The fourth-order valence-corrected chi connectivity index (χ4v) is 1.03. The summed E-state index contributed by atoms with van der Waals surface area (Å²) in [6, 6.07) is 3.74. The SMILES string of the molecule is O=C(O)COc1cc(F)cc(S)c1. The van der Waals surface area contributed by atoms with Crippen LogP contribution < -0.4 is 4.74 Å². The third kappa shape index (κ3) is 3.33. The molecule has 0 amide bonds. The minimum Gasteiger partial charge on any atom is -0.482 e. The van der Waals surface area contributed by atoms with Gasteiger partial charge in [0.1, 0.15) is 11.6 Å². The van der Waals surface area contributed by atoms with E-state index >= 15 is 0 Å². The minimum absolute atomic E-state index is 0.160. The highest BCUT2D eigenvalue weighted by Crippen LogP contribution is 2.18. The fraction of sp³-hybridized carbons (Fsp3) is 0.125. The van der Waals surface area contributed by atoms with Crippen LogP contribution in [0.25, 0.3) is 0 Å². The van der Waals surface area contributed by atoms with Crippen molar-refractivity contribution in [2.75, 3.05) is 6.61 Å². The summed E-state index contributed by atoms with van der Waals surface area (Å²) in [5, 5.41) is 8.28. The molecule has 0 heterocycles. The molecule has 0 atom stereocenters. The van der Waals surface area contributed by atoms with E-state index in [2.05, 4.69) is 12.6 Å². The number of ether oxygens (including phenoxy) is 1. The molecule has 1 aromatic rings. The Balaban J connectivity index is 2.71. The predicted molar refractivity (Wildman–Crippen MR) is 46.8 cm³/mol. The van der Waals surface area contributed by atoms with Crippen LogP contribution in [0.5, 0.6) is 5.75 Å². The monoisotopic (exact) mass is 202 g/mol. The largest absolute Gasteiger partial charge is 0.482 e. The number of carbonyl (C=O) groups is 1. The van der Waals surface area contributed by atoms with Crippen LogP contribution in [0, 0.1) is 5.82 Å². The van der Waals surface area contributed by atoms with Crippen molar-refractivity contribution in [1.29, 1.82) is 0 Å². The number of thiol groups is 1. The van der Waals surface area contributed by atoms with Gasteiger partial charge < -0.3 is 9.84 Å². The number of aliphatic carboxylic acids is 1. The van der Waals surface area contributed by atoms with E-state index in [1.54, 1.807) is 0 Å². The Morgan fingerprint density at radius 3 is 2.77 bits per heavy atom. The van der Waals surface area contributed by atoms with Crippen LogP contribution in [0.4, 0.5) is 4.39 Å². The quantitative estimate of drug-likeness (QED) is 0.731. The standard InChI is InChI=1S/C8H7FO3S/c9-5-1-6(3-7(13)2-5)12-4-8(10)11/h1-3,13H,4H2,(H,10,11). The molecular weight excluding hydrogens is 195 g/mol. The van der Waals surface area contributed by atoms with E-state index in [0.717, 1.165) is 6.07 Å². The first kappa shape index (κ1) is 9.85. The highest BCUT2D eigenvalue weighted by molar-refractivity contribution is 7.80. The Kier molecular flexibility index (Phi) is 3.13. The summed E-state index contributed by atoms with van der Waals surface area (Å²) in [6.45, 7) is -0.489. The van der Waals surface area contributed by atoms with Crippen molar-refractivity contribution in [1.82, 2.24) is 0 Å². The second-order valence-corrected chi connectivity index (χ2v) is 2.84. The van der Waals surface area contributed by atoms with E-state index in [-0.39, 0.29) is 5.75 Å². The Bertz CT molecular complexity index is 307. The van der Waals surface area contributed by atoms with Gasteiger partial charge in [-0.2, -0.15) is 0 Å². The van der Waals surface area contributed by atoms with E-state index in [4.69, 9.17) is 9.84 Å². The van der Waals surface area contributed by atoms with E-state index in [1.807, 2.05) is 0 Å². The zero-order valence-electron chi connectivity index (χ0n) is 6.53. The van der Waals surface area contributed by atoms with Gasteiger partial charge in [0.15, 0.2) is 6.61 Å². The van der Waals surface area contributed by atoms with Gasteiger partial charge in [0.25, 0.3) is 0 Å². The lowest BCUT2D eigenvalue weighted by Gasteiger charge is -2.03. The Morgan fingerprint density at radius 2 is 2.23 bits per heavy atom. The molecule has 0 aliphatic rings. The average Bonchev–Trinajstić information content (AvgIpc) is 1.99. The molecule has 1 rings (SSSR count). The van der Waals surface area contributed by atoms with Gasteiger partial charge in [-0.15, -0.1) is 12.6 Å². The first-order valence-electron chi connectivity index (χ1n) is 3.42. The smallest absolute Gasteiger partial charge is 0.341 e. The highest BCUT2D eigenvalue weighted by atomic mass is 32.1. The lowest BCUT2D eigenvalue weighted by Crippen LogP contribution is -2.09. The summed E-state index contributed by atoms with van der Waals surface area (Å²) in [5.41, 5.74) is 0. The maximum atomic E-state index is 12.7. The van der Waals surface area contributed by atoms with Gasteiger partial charge in [0, 0.05) is 11.0 Å². The molecule has 70 valence electrons. The van der Waals surface area contributed by atoms with Gasteiger partial charge in [-0.25, -0.2) is 9.18 Å². The number of benzene rings is 1. The van der Waals surface area contributed by atoms with E-state index in [0.29, 0.717) is 4.90 Å². The summed E-state index contributed by atoms with van der Waals surface area (Å²) < 4.78 is 17.4. The molecule has 0 spiro atoms. The maximum absolute atomic E-state index is 12.7. The molecule has 3 nitrogen and oxygen atoms in total. The van der Waals surface area contributed by atoms with Crippen LogP contribution in [-0.2, 0) is 4.79 Å². The first-order valence-corrected chi connectivity index (χ1v) is 3.87. The summed E-state index contributed by atoms with van der Waals surface area (Å²) >= 11 is 3.90. The number of hydrogen-bond acceptors (Lipinski definition) is 3. The average molecular weight is 202 g/mol. The zero-order chi connectivity index (χ0) is 9.84. The summed E-state index contributed by atoms with van der Waals surface area (Å²) in [6.07, 6.45) is 0. The topological polar surface area (TPSA) is 46.5 Å². The fourth-order valence-electron chi connectivity index (χ4n) is 0.776. The molecule has 1 N–H and O–H groups in total. The van der Waals surface area contributed by atoms with Crippen molar-refractivity contribution in [3.63, 3.8) is 0 Å². The summed E-state index contributed by atoms with van der Waals surface area (Å²) in [7, 11) is 0. The molecule has 5 heteroatoms. The molecule has 1 aromatic carbocycles. The van der Waals surface area contributed by atoms with Crippen molar-refractivity contribution in [2.24, 2.45) is 0 Å². The third-order valence-electron chi connectivity index (χ3n) is 1.22. The minimum atomic E-state index is -1.11. The van der Waals surface area contributed by atoms with Crippen molar-refractivity contribution in [3.8, 4) is 5.75 Å². The third-order valence-corrected chi connectivity index (χ3v) is 1.48. The molecule has 0 saturated heterocycles. The molecule has 0 saturated carbocycles. The van der Waals surface area contributed by atoms with Crippen LogP contribution in [0.3, 0.4) is 0 Å². The number of hydrogen-bond donors (Lipinski definition) is 2. The summed E-state index contributed by atoms with van der Waals surface area (Å²) in [5.74, 6) is -1.45. The predicted octanol–water partition coefficient (Wildman–Crippen LogP) is 1.58. The molecule has 0 aromatic heterocycles. The van der Waals surface area contributed by atoms with Crippen LogP contribution in [0.15, 0.2) is 23.1 Å². The molecular formula is C8H7FO3S. The molecule has 0 radical (unpaired) electrons. The Hall–Kier alpha value is -1.23. The number of rotatable bonds is 3. The van der Waals surface area contributed by atoms with Gasteiger partial charge in [0.2, 0.25) is 0 Å². The van der Waals surface area contributed by atoms with Gasteiger partial charge in [-0.1, -0.05) is 0 Å². The summed E-state index contributed by atoms with van der Waals surface area (Å²) in [4.78, 5) is 10.5. The molecule has 0 fully saturated rings. The molecule has 0 bridgehead atoms.